The maximum Gasteiger partial charge on any atom is 0.364 e. The molecule has 0 radical (unpaired) electrons. The first-order valence-corrected chi connectivity index (χ1v) is 3.44. The van der Waals surface area contributed by atoms with E-state index in [1.807, 2.05) is 6.07 Å². The Kier molecular flexibility index (Phi) is 5.99. The Morgan fingerprint density at radius 3 is 2.80 bits per heavy atom. The van der Waals surface area contributed by atoms with Crippen LogP contribution in [0.25, 0.3) is 0 Å². The van der Waals surface area contributed by atoms with E-state index in [9.17, 15) is 4.79 Å². The number of nitrogens with zero attached hydrogens (tertiary/aromatic N) is 1. The summed E-state index contributed by atoms with van der Waals surface area (Å²) in [6.45, 7) is 0.365. The monoisotopic (exact) mass is 159 g/mol. The number of nitriles is 1. The minimum atomic E-state index is -0.558. The predicted octanol–water partition coefficient (Wildman–Crippen LogP) is 1.75. The van der Waals surface area contributed by atoms with Crippen molar-refractivity contribution in [2.45, 2.75) is 19.3 Å². The van der Waals surface area contributed by atoms with E-state index in [2.05, 4.69) is 17.4 Å². The first-order valence-electron chi connectivity index (χ1n) is 3.00. The molecule has 0 fully saturated rings. The quantitative estimate of drug-likeness (QED) is 0.386. The van der Waals surface area contributed by atoms with Crippen LogP contribution in [0.15, 0.2) is 0 Å². The second-order valence-corrected chi connectivity index (χ2v) is 2.09. The van der Waals surface area contributed by atoms with Gasteiger partial charge in [0.25, 0.3) is 0 Å². The molecule has 0 aliphatic rings. The van der Waals surface area contributed by atoms with Crippen molar-refractivity contribution < 1.29 is 9.53 Å². The minimum Gasteiger partial charge on any atom is -0.458 e. The van der Waals surface area contributed by atoms with E-state index in [0.29, 0.717) is 13.0 Å². The van der Waals surface area contributed by atoms with Crippen LogP contribution in [0.1, 0.15) is 19.3 Å². The van der Waals surface area contributed by atoms with Gasteiger partial charge in [0.1, 0.15) is 0 Å². The van der Waals surface area contributed by atoms with Gasteiger partial charge in [0, 0.05) is 6.42 Å². The highest BCUT2D eigenvalue weighted by molar-refractivity contribution is 7.96. The zero-order chi connectivity index (χ0) is 7.82. The molecule has 3 nitrogen and oxygen atoms in total. The summed E-state index contributed by atoms with van der Waals surface area (Å²) in [4.78, 5) is 10.1. The molecule has 0 aromatic carbocycles. The summed E-state index contributed by atoms with van der Waals surface area (Å²) in [5, 5.41) is 7.54. The zero-order valence-electron chi connectivity index (χ0n) is 5.54. The third-order valence-electron chi connectivity index (χ3n) is 0.908. The molecule has 0 atom stereocenters. The summed E-state index contributed by atoms with van der Waals surface area (Å²) in [6, 6.07) is 2.00. The smallest absolute Gasteiger partial charge is 0.364 e. The first-order chi connectivity index (χ1) is 4.77. The van der Waals surface area contributed by atoms with Gasteiger partial charge in [-0.25, -0.2) is 4.79 Å². The molecule has 0 aromatic rings. The molecule has 0 N–H and O–H groups in total. The van der Waals surface area contributed by atoms with Gasteiger partial charge in [-0.1, -0.05) is 12.6 Å². The summed E-state index contributed by atoms with van der Waals surface area (Å²) in [5.74, 6) is 0. The van der Waals surface area contributed by atoms with Crippen LogP contribution >= 0.6 is 12.6 Å². The number of rotatable bonds is 4. The first kappa shape index (κ1) is 9.31. The van der Waals surface area contributed by atoms with E-state index in [1.54, 1.807) is 0 Å². The molecule has 0 saturated heterocycles. The van der Waals surface area contributed by atoms with E-state index >= 15 is 0 Å². The van der Waals surface area contributed by atoms with Crippen LogP contribution in [0.2, 0.25) is 0 Å². The van der Waals surface area contributed by atoms with E-state index in [-0.39, 0.29) is 0 Å². The normalized spacial score (nSPS) is 8.40. The topological polar surface area (TPSA) is 50.1 Å². The highest BCUT2D eigenvalue weighted by Gasteiger charge is 1.92. The Bertz CT molecular complexity index is 141. The lowest BCUT2D eigenvalue weighted by Crippen LogP contribution is -1.95. The summed E-state index contributed by atoms with van der Waals surface area (Å²) in [6.07, 6.45) is 2.03. The molecular formula is C6H9NO2S. The van der Waals surface area contributed by atoms with Gasteiger partial charge in [0.2, 0.25) is 0 Å². The number of carbonyl (C=O) groups is 1. The number of thiol groups is 1. The summed E-state index contributed by atoms with van der Waals surface area (Å²) >= 11 is 3.40. The van der Waals surface area contributed by atoms with Gasteiger partial charge in [-0.05, 0) is 12.8 Å². The van der Waals surface area contributed by atoms with Crippen molar-refractivity contribution in [3.8, 4) is 6.07 Å². The van der Waals surface area contributed by atoms with Crippen LogP contribution in [0, 0.1) is 11.3 Å². The molecule has 0 bridgehead atoms. The summed E-state index contributed by atoms with van der Waals surface area (Å²) < 4.78 is 4.50. The van der Waals surface area contributed by atoms with Crippen molar-refractivity contribution in [2.75, 3.05) is 6.61 Å². The largest absolute Gasteiger partial charge is 0.458 e. The highest BCUT2D eigenvalue weighted by atomic mass is 32.1. The van der Waals surface area contributed by atoms with Gasteiger partial charge in [-0.15, -0.1) is 0 Å². The molecule has 0 saturated carbocycles. The third kappa shape index (κ3) is 7.31. The fourth-order valence-corrected chi connectivity index (χ4v) is 0.557. The van der Waals surface area contributed by atoms with E-state index in [4.69, 9.17) is 5.26 Å². The molecule has 0 spiro atoms. The van der Waals surface area contributed by atoms with Crippen molar-refractivity contribution >= 4 is 17.9 Å². The lowest BCUT2D eigenvalue weighted by molar-refractivity contribution is 0.173. The van der Waals surface area contributed by atoms with Gasteiger partial charge >= 0.3 is 5.30 Å². The maximum atomic E-state index is 10.1. The van der Waals surface area contributed by atoms with Gasteiger partial charge in [-0.2, -0.15) is 5.26 Å². The summed E-state index contributed by atoms with van der Waals surface area (Å²) in [7, 11) is 0. The fourth-order valence-electron chi connectivity index (χ4n) is 0.466. The maximum absolute atomic E-state index is 10.1. The van der Waals surface area contributed by atoms with Crippen LogP contribution in [0.3, 0.4) is 0 Å². The molecule has 0 aliphatic heterocycles. The van der Waals surface area contributed by atoms with E-state index in [0.717, 1.165) is 12.8 Å². The van der Waals surface area contributed by atoms with Crippen molar-refractivity contribution in [2.24, 2.45) is 0 Å². The Labute approximate surface area is 65.4 Å². The molecule has 4 heteroatoms. The Morgan fingerprint density at radius 1 is 1.60 bits per heavy atom. The Balaban J connectivity index is 2.92. The molecule has 0 unspecified atom stereocenters. The van der Waals surface area contributed by atoms with Gasteiger partial charge in [0.05, 0.1) is 12.7 Å². The Hall–Kier alpha value is -0.690. The van der Waals surface area contributed by atoms with Crippen LogP contribution < -0.4 is 0 Å². The van der Waals surface area contributed by atoms with Crippen LogP contribution in [-0.4, -0.2) is 11.9 Å². The standard InChI is InChI=1S/C6H9NO2S/c7-4-2-1-3-5-9-6(8)10/h1-3,5H2,(H,8,10). The fraction of sp³-hybridized carbons (Fsp3) is 0.667. The molecule has 0 rings (SSSR count). The molecule has 0 aliphatic carbocycles. The van der Waals surface area contributed by atoms with E-state index in [1.165, 1.54) is 0 Å². The van der Waals surface area contributed by atoms with Gasteiger partial charge < -0.3 is 4.74 Å². The minimum absolute atomic E-state index is 0.365. The Morgan fingerprint density at radius 2 is 2.30 bits per heavy atom. The third-order valence-corrected chi connectivity index (χ3v) is 1.04. The molecule has 0 heterocycles. The second-order valence-electron chi connectivity index (χ2n) is 1.73. The van der Waals surface area contributed by atoms with Gasteiger partial charge in [0.15, 0.2) is 0 Å². The molecule has 10 heavy (non-hydrogen) atoms. The lowest BCUT2D eigenvalue weighted by Gasteiger charge is -1.96. The lowest BCUT2D eigenvalue weighted by atomic mass is 10.3. The van der Waals surface area contributed by atoms with Crippen molar-refractivity contribution in [3.05, 3.63) is 0 Å². The SMILES string of the molecule is N#CCCCCOC(=O)S. The number of hydrogen-bond acceptors (Lipinski definition) is 3. The number of carbonyl (C=O) groups excluding carboxylic acids is 1. The second kappa shape index (κ2) is 6.43. The van der Waals surface area contributed by atoms with Crippen molar-refractivity contribution in [3.63, 3.8) is 0 Å². The molecule has 0 aromatic heterocycles. The molecular weight excluding hydrogens is 150 g/mol. The molecule has 0 amide bonds. The number of unbranched alkanes of at least 4 members (excludes halogenated alkanes) is 2. The summed E-state index contributed by atoms with van der Waals surface area (Å²) in [5.41, 5.74) is 0. The predicted molar refractivity (Wildman–Crippen MR) is 39.8 cm³/mol. The van der Waals surface area contributed by atoms with Crippen molar-refractivity contribution in [1.29, 1.82) is 5.26 Å². The zero-order valence-corrected chi connectivity index (χ0v) is 6.43. The van der Waals surface area contributed by atoms with E-state index < -0.39 is 5.30 Å². The highest BCUT2D eigenvalue weighted by Crippen LogP contribution is 1.95. The van der Waals surface area contributed by atoms with Gasteiger partial charge in [-0.3, -0.25) is 0 Å². The van der Waals surface area contributed by atoms with Crippen molar-refractivity contribution in [1.82, 2.24) is 0 Å². The number of ether oxygens (including phenoxy) is 1. The van der Waals surface area contributed by atoms with Crippen LogP contribution in [0.5, 0.6) is 0 Å². The van der Waals surface area contributed by atoms with Crippen LogP contribution in [-0.2, 0) is 4.74 Å². The van der Waals surface area contributed by atoms with Crippen LogP contribution in [0.4, 0.5) is 4.79 Å². The average Bonchev–Trinajstić information content (AvgIpc) is 1.87. The number of hydrogen-bond donors (Lipinski definition) is 1. The average molecular weight is 159 g/mol. The molecule has 56 valence electrons.